The molecule has 0 bridgehead atoms. The van der Waals surface area contributed by atoms with Crippen molar-refractivity contribution >= 4 is 11.9 Å². The van der Waals surface area contributed by atoms with Crippen LogP contribution in [0.1, 0.15) is 19.8 Å². The third-order valence-corrected chi connectivity index (χ3v) is 3.06. The molecule has 0 spiro atoms. The molecule has 1 fully saturated rings. The molecule has 0 aromatic rings. The SMILES string of the molecule is COC(C)C(=O)N(C)C1CC(C(=O)O)C1. The van der Waals surface area contributed by atoms with Crippen LogP contribution in [0.3, 0.4) is 0 Å². The van der Waals surface area contributed by atoms with Gasteiger partial charge in [-0.25, -0.2) is 0 Å². The van der Waals surface area contributed by atoms with E-state index < -0.39 is 12.1 Å². The van der Waals surface area contributed by atoms with Crippen LogP contribution < -0.4 is 0 Å². The maximum atomic E-state index is 11.6. The van der Waals surface area contributed by atoms with Crippen molar-refractivity contribution in [3.05, 3.63) is 0 Å². The molecule has 1 N–H and O–H groups in total. The van der Waals surface area contributed by atoms with Gasteiger partial charge in [0.1, 0.15) is 6.10 Å². The number of hydrogen-bond acceptors (Lipinski definition) is 3. The number of carbonyl (C=O) groups is 2. The number of likely N-dealkylation sites (N-methyl/N-ethyl adjacent to an activating group) is 1. The van der Waals surface area contributed by atoms with Gasteiger partial charge in [0.05, 0.1) is 5.92 Å². The lowest BCUT2D eigenvalue weighted by atomic mass is 9.79. The zero-order valence-electron chi connectivity index (χ0n) is 9.27. The minimum absolute atomic E-state index is 0.0520. The van der Waals surface area contributed by atoms with Crippen molar-refractivity contribution < 1.29 is 19.4 Å². The van der Waals surface area contributed by atoms with Gasteiger partial charge >= 0.3 is 5.97 Å². The summed E-state index contributed by atoms with van der Waals surface area (Å²) < 4.78 is 4.92. The molecular formula is C10H17NO4. The van der Waals surface area contributed by atoms with Gasteiger partial charge in [0.25, 0.3) is 5.91 Å². The Kier molecular flexibility index (Phi) is 3.68. The Morgan fingerprint density at radius 1 is 1.47 bits per heavy atom. The molecule has 1 amide bonds. The molecule has 1 aliphatic carbocycles. The highest BCUT2D eigenvalue weighted by Gasteiger charge is 2.39. The average Bonchev–Trinajstić information content (AvgIpc) is 2.12. The number of rotatable bonds is 4. The molecular weight excluding hydrogens is 198 g/mol. The Bertz CT molecular complexity index is 260. The van der Waals surface area contributed by atoms with E-state index in [1.807, 2.05) is 0 Å². The monoisotopic (exact) mass is 215 g/mol. The molecule has 0 saturated heterocycles. The predicted octanol–water partition coefficient (Wildman–Crippen LogP) is 0.343. The maximum absolute atomic E-state index is 11.6. The zero-order chi connectivity index (χ0) is 11.6. The molecule has 5 nitrogen and oxygen atoms in total. The summed E-state index contributed by atoms with van der Waals surface area (Å²) in [5.41, 5.74) is 0. The van der Waals surface area contributed by atoms with Crippen LogP contribution in [0.5, 0.6) is 0 Å². The number of amides is 1. The van der Waals surface area contributed by atoms with E-state index in [0.717, 1.165) is 0 Å². The van der Waals surface area contributed by atoms with Crippen LogP contribution in [0.25, 0.3) is 0 Å². The first kappa shape index (κ1) is 12.0. The number of carboxylic acids is 1. The van der Waals surface area contributed by atoms with E-state index in [-0.39, 0.29) is 17.9 Å². The molecule has 1 saturated carbocycles. The van der Waals surface area contributed by atoms with Crippen molar-refractivity contribution in [3.8, 4) is 0 Å². The minimum atomic E-state index is -0.771. The van der Waals surface area contributed by atoms with Crippen molar-refractivity contribution in [2.45, 2.75) is 31.9 Å². The van der Waals surface area contributed by atoms with E-state index in [1.165, 1.54) is 7.11 Å². The maximum Gasteiger partial charge on any atom is 0.306 e. The van der Waals surface area contributed by atoms with Crippen LogP contribution in [-0.4, -0.2) is 48.2 Å². The Balaban J connectivity index is 2.41. The fourth-order valence-electron chi connectivity index (χ4n) is 1.67. The van der Waals surface area contributed by atoms with E-state index in [2.05, 4.69) is 0 Å². The van der Waals surface area contributed by atoms with Gasteiger partial charge in [-0.3, -0.25) is 9.59 Å². The van der Waals surface area contributed by atoms with Crippen molar-refractivity contribution in [3.63, 3.8) is 0 Å². The molecule has 0 aromatic carbocycles. The number of nitrogens with zero attached hydrogens (tertiary/aromatic N) is 1. The molecule has 15 heavy (non-hydrogen) atoms. The number of methoxy groups -OCH3 is 1. The number of carboxylic acid groups (broad SMARTS) is 1. The van der Waals surface area contributed by atoms with Gasteiger partial charge in [-0.05, 0) is 19.8 Å². The second kappa shape index (κ2) is 4.61. The Morgan fingerprint density at radius 3 is 2.40 bits per heavy atom. The summed E-state index contributed by atoms with van der Waals surface area (Å²) in [6.45, 7) is 1.69. The van der Waals surface area contributed by atoms with Crippen molar-refractivity contribution in [2.24, 2.45) is 5.92 Å². The van der Waals surface area contributed by atoms with Crippen LogP contribution in [0.15, 0.2) is 0 Å². The van der Waals surface area contributed by atoms with Gasteiger partial charge in [0, 0.05) is 20.2 Å². The third-order valence-electron chi connectivity index (χ3n) is 3.06. The summed E-state index contributed by atoms with van der Waals surface area (Å²) in [7, 11) is 3.18. The van der Waals surface area contributed by atoms with Gasteiger partial charge < -0.3 is 14.7 Å². The summed E-state index contributed by atoms with van der Waals surface area (Å²) in [4.78, 5) is 23.8. The lowest BCUT2D eigenvalue weighted by Gasteiger charge is -2.39. The highest BCUT2D eigenvalue weighted by atomic mass is 16.5. The van der Waals surface area contributed by atoms with Gasteiger partial charge in [0.2, 0.25) is 0 Å². The van der Waals surface area contributed by atoms with Crippen LogP contribution in [0, 0.1) is 5.92 Å². The summed E-state index contributed by atoms with van der Waals surface area (Å²) in [5.74, 6) is -1.15. The quantitative estimate of drug-likeness (QED) is 0.734. The smallest absolute Gasteiger partial charge is 0.306 e. The van der Waals surface area contributed by atoms with Crippen LogP contribution in [-0.2, 0) is 14.3 Å². The predicted molar refractivity (Wildman–Crippen MR) is 53.4 cm³/mol. The molecule has 1 atom stereocenters. The summed E-state index contributed by atoms with van der Waals surface area (Å²) in [5, 5.41) is 8.70. The third kappa shape index (κ3) is 2.47. The lowest BCUT2D eigenvalue weighted by Crippen LogP contribution is -2.50. The molecule has 1 aliphatic rings. The zero-order valence-corrected chi connectivity index (χ0v) is 9.27. The number of ether oxygens (including phenoxy) is 1. The number of carbonyl (C=O) groups excluding carboxylic acids is 1. The van der Waals surface area contributed by atoms with Gasteiger partial charge in [-0.15, -0.1) is 0 Å². The molecule has 0 aromatic heterocycles. The second-order valence-corrected chi connectivity index (χ2v) is 3.99. The Morgan fingerprint density at radius 2 is 2.00 bits per heavy atom. The molecule has 0 radical (unpaired) electrons. The Labute approximate surface area is 89.0 Å². The van der Waals surface area contributed by atoms with Crippen molar-refractivity contribution in [2.75, 3.05) is 14.2 Å². The first-order valence-corrected chi connectivity index (χ1v) is 4.99. The lowest BCUT2D eigenvalue weighted by molar-refractivity contribution is -0.153. The summed E-state index contributed by atoms with van der Waals surface area (Å²) in [6, 6.07) is 0.0520. The highest BCUT2D eigenvalue weighted by Crippen LogP contribution is 2.31. The van der Waals surface area contributed by atoms with Gasteiger partial charge in [-0.2, -0.15) is 0 Å². The highest BCUT2D eigenvalue weighted by molar-refractivity contribution is 5.81. The van der Waals surface area contributed by atoms with Gasteiger partial charge in [-0.1, -0.05) is 0 Å². The van der Waals surface area contributed by atoms with E-state index >= 15 is 0 Å². The number of aliphatic carboxylic acids is 1. The van der Waals surface area contributed by atoms with Crippen molar-refractivity contribution in [1.29, 1.82) is 0 Å². The van der Waals surface area contributed by atoms with E-state index in [4.69, 9.17) is 9.84 Å². The standard InChI is InChI=1S/C10H17NO4/c1-6(15-3)9(12)11(2)8-4-7(5-8)10(13)14/h6-8H,4-5H2,1-3H3,(H,13,14). The molecule has 1 unspecified atom stereocenters. The van der Waals surface area contributed by atoms with E-state index in [9.17, 15) is 9.59 Å². The molecule has 5 heteroatoms. The van der Waals surface area contributed by atoms with Crippen LogP contribution in [0.4, 0.5) is 0 Å². The molecule has 1 rings (SSSR count). The van der Waals surface area contributed by atoms with Crippen LogP contribution >= 0.6 is 0 Å². The summed E-state index contributed by atoms with van der Waals surface area (Å²) >= 11 is 0. The van der Waals surface area contributed by atoms with E-state index in [1.54, 1.807) is 18.9 Å². The second-order valence-electron chi connectivity index (χ2n) is 3.99. The fraction of sp³-hybridized carbons (Fsp3) is 0.800. The Hall–Kier alpha value is -1.10. The fourth-order valence-corrected chi connectivity index (χ4v) is 1.67. The molecule has 0 aliphatic heterocycles. The largest absolute Gasteiger partial charge is 0.481 e. The summed E-state index contributed by atoms with van der Waals surface area (Å²) in [6.07, 6.45) is 0.640. The van der Waals surface area contributed by atoms with E-state index in [0.29, 0.717) is 12.8 Å². The number of hydrogen-bond donors (Lipinski definition) is 1. The normalized spacial score (nSPS) is 26.6. The average molecular weight is 215 g/mol. The molecule has 0 heterocycles. The molecule has 86 valence electrons. The first-order valence-electron chi connectivity index (χ1n) is 4.99. The van der Waals surface area contributed by atoms with Gasteiger partial charge in [0.15, 0.2) is 0 Å². The first-order chi connectivity index (χ1) is 6.97. The van der Waals surface area contributed by atoms with Crippen LogP contribution in [0.2, 0.25) is 0 Å². The minimum Gasteiger partial charge on any atom is -0.481 e. The topological polar surface area (TPSA) is 66.8 Å². The van der Waals surface area contributed by atoms with Crippen molar-refractivity contribution in [1.82, 2.24) is 4.90 Å².